The van der Waals surface area contributed by atoms with Crippen LogP contribution in [0.1, 0.15) is 16.1 Å². The van der Waals surface area contributed by atoms with Crippen molar-refractivity contribution in [3.05, 3.63) is 45.9 Å². The van der Waals surface area contributed by atoms with Crippen LogP contribution in [-0.2, 0) is 6.54 Å². The van der Waals surface area contributed by atoms with Gasteiger partial charge in [-0.15, -0.1) is 11.3 Å². The third-order valence-electron chi connectivity index (χ3n) is 2.27. The summed E-state index contributed by atoms with van der Waals surface area (Å²) in [6.07, 6.45) is 1.80. The molecule has 0 bridgehead atoms. The minimum atomic E-state index is 0.692. The van der Waals surface area contributed by atoms with Gasteiger partial charge in [-0.25, -0.2) is 4.98 Å². The Morgan fingerprint density at radius 3 is 3.00 bits per heavy atom. The summed E-state index contributed by atoms with van der Waals surface area (Å²) in [5, 5.41) is 15.1. The predicted octanol–water partition coefficient (Wildman–Crippen LogP) is 2.94. The van der Waals surface area contributed by atoms with E-state index in [4.69, 9.17) is 5.26 Å². The molecule has 0 aliphatic rings. The molecule has 0 radical (unpaired) electrons. The molecule has 16 heavy (non-hydrogen) atoms. The molecule has 1 heterocycles. The third-order valence-corrected chi connectivity index (χ3v) is 3.05. The fraction of sp³-hybridized carbons (Fsp3) is 0.167. The second-order valence-electron chi connectivity index (χ2n) is 3.42. The van der Waals surface area contributed by atoms with E-state index in [0.29, 0.717) is 5.56 Å². The molecule has 0 unspecified atom stereocenters. The van der Waals surface area contributed by atoms with Gasteiger partial charge in [0.1, 0.15) is 5.01 Å². The number of benzene rings is 1. The number of hydrogen-bond acceptors (Lipinski definition) is 4. The maximum Gasteiger partial charge on any atom is 0.112 e. The van der Waals surface area contributed by atoms with Crippen LogP contribution >= 0.6 is 11.3 Å². The van der Waals surface area contributed by atoms with Gasteiger partial charge < -0.3 is 5.32 Å². The molecule has 0 aliphatic heterocycles. The molecule has 0 saturated carbocycles. The van der Waals surface area contributed by atoms with Gasteiger partial charge in [-0.3, -0.25) is 0 Å². The number of nitriles is 1. The van der Waals surface area contributed by atoms with E-state index in [1.807, 2.05) is 30.5 Å². The minimum Gasteiger partial charge on any atom is -0.378 e. The third kappa shape index (κ3) is 2.38. The molecule has 80 valence electrons. The van der Waals surface area contributed by atoms with Crippen molar-refractivity contribution in [3.8, 4) is 6.07 Å². The molecule has 2 rings (SSSR count). The number of hydrogen-bond donors (Lipinski definition) is 1. The molecule has 0 fully saturated rings. The number of rotatable bonds is 3. The van der Waals surface area contributed by atoms with Gasteiger partial charge in [-0.2, -0.15) is 5.26 Å². The predicted molar refractivity (Wildman–Crippen MR) is 65.3 cm³/mol. The second-order valence-corrected chi connectivity index (χ2v) is 4.40. The van der Waals surface area contributed by atoms with Crippen LogP contribution in [0.25, 0.3) is 0 Å². The highest BCUT2D eigenvalue weighted by Gasteiger charge is 2.00. The second kappa shape index (κ2) is 4.77. The Morgan fingerprint density at radius 2 is 2.38 bits per heavy atom. The van der Waals surface area contributed by atoms with Crippen LogP contribution in [0.5, 0.6) is 0 Å². The van der Waals surface area contributed by atoms with Crippen molar-refractivity contribution < 1.29 is 0 Å². The topological polar surface area (TPSA) is 48.7 Å². The van der Waals surface area contributed by atoms with Gasteiger partial charge >= 0.3 is 0 Å². The summed E-state index contributed by atoms with van der Waals surface area (Å²) in [6, 6.07) is 7.75. The summed E-state index contributed by atoms with van der Waals surface area (Å²) in [5.41, 5.74) is 2.82. The van der Waals surface area contributed by atoms with Crippen LogP contribution in [0.2, 0.25) is 0 Å². The molecule has 1 aromatic heterocycles. The van der Waals surface area contributed by atoms with Gasteiger partial charge in [0.05, 0.1) is 18.2 Å². The fourth-order valence-electron chi connectivity index (χ4n) is 1.44. The Hall–Kier alpha value is -1.86. The van der Waals surface area contributed by atoms with E-state index in [9.17, 15) is 0 Å². The average molecular weight is 229 g/mol. The average Bonchev–Trinajstić information content (AvgIpc) is 2.80. The van der Waals surface area contributed by atoms with Crippen LogP contribution in [-0.4, -0.2) is 4.98 Å². The zero-order valence-electron chi connectivity index (χ0n) is 8.90. The largest absolute Gasteiger partial charge is 0.378 e. The Kier molecular flexibility index (Phi) is 3.18. The smallest absolute Gasteiger partial charge is 0.112 e. The quantitative estimate of drug-likeness (QED) is 0.880. The van der Waals surface area contributed by atoms with Crippen LogP contribution in [0.4, 0.5) is 5.69 Å². The molecule has 0 saturated heterocycles. The van der Waals surface area contributed by atoms with E-state index in [0.717, 1.165) is 22.8 Å². The first-order valence-corrected chi connectivity index (χ1v) is 5.80. The lowest BCUT2D eigenvalue weighted by Gasteiger charge is -2.07. The summed E-state index contributed by atoms with van der Waals surface area (Å²) < 4.78 is 0. The number of nitrogens with zero attached hydrogens (tertiary/aromatic N) is 2. The molecule has 0 aliphatic carbocycles. The summed E-state index contributed by atoms with van der Waals surface area (Å²) >= 11 is 1.63. The molecular formula is C12H11N3S. The van der Waals surface area contributed by atoms with Crippen molar-refractivity contribution in [2.75, 3.05) is 5.32 Å². The van der Waals surface area contributed by atoms with E-state index in [1.54, 1.807) is 17.5 Å². The summed E-state index contributed by atoms with van der Waals surface area (Å²) in [4.78, 5) is 4.20. The van der Waals surface area contributed by atoms with E-state index < -0.39 is 0 Å². The number of aryl methyl sites for hydroxylation is 1. The Bertz CT molecular complexity index is 512. The van der Waals surface area contributed by atoms with E-state index in [2.05, 4.69) is 16.4 Å². The van der Waals surface area contributed by atoms with Crippen LogP contribution < -0.4 is 5.32 Å². The van der Waals surface area contributed by atoms with Crippen molar-refractivity contribution in [1.29, 1.82) is 5.26 Å². The van der Waals surface area contributed by atoms with Gasteiger partial charge in [0.2, 0.25) is 0 Å². The van der Waals surface area contributed by atoms with Crippen molar-refractivity contribution in [2.24, 2.45) is 0 Å². The number of thiazole rings is 1. The zero-order chi connectivity index (χ0) is 11.4. The monoisotopic (exact) mass is 229 g/mol. The summed E-state index contributed by atoms with van der Waals surface area (Å²) in [5.74, 6) is 0. The normalized spacial score (nSPS) is 9.75. The van der Waals surface area contributed by atoms with Crippen molar-refractivity contribution in [1.82, 2.24) is 4.98 Å². The zero-order valence-corrected chi connectivity index (χ0v) is 9.71. The van der Waals surface area contributed by atoms with E-state index in [-0.39, 0.29) is 0 Å². The highest BCUT2D eigenvalue weighted by Crippen LogP contribution is 2.17. The molecule has 0 atom stereocenters. The first-order chi connectivity index (χ1) is 7.79. The van der Waals surface area contributed by atoms with Crippen molar-refractivity contribution >= 4 is 17.0 Å². The van der Waals surface area contributed by atoms with Gasteiger partial charge in [-0.05, 0) is 30.7 Å². The molecule has 0 amide bonds. The fourth-order valence-corrected chi connectivity index (χ4v) is 2.00. The lowest BCUT2D eigenvalue weighted by Crippen LogP contribution is -2.00. The van der Waals surface area contributed by atoms with Crippen molar-refractivity contribution in [2.45, 2.75) is 13.5 Å². The summed E-state index contributed by atoms with van der Waals surface area (Å²) in [6.45, 7) is 2.72. The van der Waals surface area contributed by atoms with Crippen LogP contribution in [0.15, 0.2) is 29.8 Å². The van der Waals surface area contributed by atoms with E-state index >= 15 is 0 Å². The first-order valence-electron chi connectivity index (χ1n) is 4.92. The molecule has 4 heteroatoms. The Morgan fingerprint density at radius 1 is 1.50 bits per heavy atom. The molecular weight excluding hydrogens is 218 g/mol. The molecule has 1 aromatic carbocycles. The lowest BCUT2D eigenvalue weighted by molar-refractivity contribution is 1.10. The molecule has 0 spiro atoms. The van der Waals surface area contributed by atoms with E-state index in [1.165, 1.54) is 0 Å². The first kappa shape index (κ1) is 10.7. The number of anilines is 1. The maximum absolute atomic E-state index is 8.75. The Balaban J connectivity index is 2.08. The van der Waals surface area contributed by atoms with Gasteiger partial charge in [0, 0.05) is 17.3 Å². The van der Waals surface area contributed by atoms with Crippen LogP contribution in [0, 0.1) is 18.3 Å². The summed E-state index contributed by atoms with van der Waals surface area (Å²) in [7, 11) is 0. The van der Waals surface area contributed by atoms with Crippen LogP contribution in [0.3, 0.4) is 0 Å². The van der Waals surface area contributed by atoms with Gasteiger partial charge in [0.25, 0.3) is 0 Å². The highest BCUT2D eigenvalue weighted by molar-refractivity contribution is 7.09. The minimum absolute atomic E-state index is 0.692. The lowest BCUT2D eigenvalue weighted by atomic mass is 10.1. The Labute approximate surface area is 98.4 Å². The highest BCUT2D eigenvalue weighted by atomic mass is 32.1. The van der Waals surface area contributed by atoms with Crippen molar-refractivity contribution in [3.63, 3.8) is 0 Å². The SMILES string of the molecule is Cc1cc(C#N)ccc1NCc1nccs1. The number of nitrogens with one attached hydrogen (secondary N) is 1. The molecule has 1 N–H and O–H groups in total. The van der Waals surface area contributed by atoms with Gasteiger partial charge in [-0.1, -0.05) is 0 Å². The number of aromatic nitrogens is 1. The maximum atomic E-state index is 8.75. The molecule has 3 nitrogen and oxygen atoms in total. The standard InChI is InChI=1S/C12H11N3S/c1-9-6-10(7-13)2-3-11(9)15-8-12-14-4-5-16-12/h2-6,15H,8H2,1H3. The molecule has 2 aromatic rings. The van der Waals surface area contributed by atoms with Gasteiger partial charge in [0.15, 0.2) is 0 Å².